The summed E-state index contributed by atoms with van der Waals surface area (Å²) in [4.78, 5) is 14.7. The lowest BCUT2D eigenvalue weighted by atomic mass is 10.1. The zero-order valence-corrected chi connectivity index (χ0v) is 10.6. The van der Waals surface area contributed by atoms with Crippen molar-refractivity contribution in [3.8, 4) is 5.19 Å². The van der Waals surface area contributed by atoms with Gasteiger partial charge in [0.1, 0.15) is 5.60 Å². The van der Waals surface area contributed by atoms with Gasteiger partial charge in [-0.05, 0) is 27.7 Å². The van der Waals surface area contributed by atoms with Crippen molar-refractivity contribution in [2.24, 2.45) is 5.73 Å². The average Bonchev–Trinajstić information content (AvgIpc) is 2.49. The number of ether oxygens (including phenoxy) is 2. The normalized spacial score (nSPS) is 11.8. The number of thiazole rings is 1. The zero-order chi connectivity index (χ0) is 12.3. The molecule has 0 aliphatic rings. The molecule has 0 fully saturated rings. The molecule has 0 aliphatic carbocycles. The molecule has 6 heteroatoms. The van der Waals surface area contributed by atoms with Crippen molar-refractivity contribution >= 4 is 17.4 Å². The summed E-state index contributed by atoms with van der Waals surface area (Å²) in [6.45, 7) is 7.73. The van der Waals surface area contributed by atoms with Crippen LogP contribution in [0.3, 0.4) is 0 Å². The predicted octanol–water partition coefficient (Wildman–Crippen LogP) is 2.26. The highest BCUT2D eigenvalue weighted by Gasteiger charge is 2.26. The summed E-state index contributed by atoms with van der Waals surface area (Å²) >= 11 is 1.22. The first-order valence-corrected chi connectivity index (χ1v) is 5.80. The summed E-state index contributed by atoms with van der Waals surface area (Å²) in [6.07, 6.45) is -0.763. The molecule has 0 radical (unpaired) electrons. The minimum atomic E-state index is -0.858. The topological polar surface area (TPSA) is 74.4 Å². The minimum Gasteiger partial charge on any atom is -0.381 e. The summed E-state index contributed by atoms with van der Waals surface area (Å²) in [5.74, 6) is 0. The number of aromatic nitrogens is 1. The van der Waals surface area contributed by atoms with Gasteiger partial charge in [0.25, 0.3) is 5.19 Å². The molecule has 2 N–H and O–H groups in total. The minimum absolute atomic E-state index is 0.0946. The molecule has 1 aromatic heterocycles. The van der Waals surface area contributed by atoms with Gasteiger partial charge in [-0.15, -0.1) is 0 Å². The Labute approximate surface area is 98.6 Å². The van der Waals surface area contributed by atoms with E-state index in [4.69, 9.17) is 10.5 Å². The Bertz CT molecular complexity index is 374. The van der Waals surface area contributed by atoms with E-state index in [-0.39, 0.29) is 11.3 Å². The lowest BCUT2D eigenvalue weighted by Gasteiger charge is -2.25. The van der Waals surface area contributed by atoms with Gasteiger partial charge in [-0.3, -0.25) is 0 Å². The lowest BCUT2D eigenvalue weighted by molar-refractivity contribution is -0.0625. The molecule has 1 amide bonds. The number of nitrogens with two attached hydrogens (primary N) is 1. The van der Waals surface area contributed by atoms with Crippen molar-refractivity contribution in [1.29, 1.82) is 0 Å². The van der Waals surface area contributed by atoms with Gasteiger partial charge < -0.3 is 15.2 Å². The third-order valence-electron chi connectivity index (χ3n) is 1.82. The van der Waals surface area contributed by atoms with Crippen LogP contribution in [0.25, 0.3) is 0 Å². The van der Waals surface area contributed by atoms with E-state index in [1.165, 1.54) is 11.3 Å². The summed E-state index contributed by atoms with van der Waals surface area (Å²) in [5, 5.41) is 2.03. The zero-order valence-electron chi connectivity index (χ0n) is 9.81. The maximum absolute atomic E-state index is 10.5. The van der Waals surface area contributed by atoms with Gasteiger partial charge in [-0.25, -0.2) is 9.78 Å². The molecule has 90 valence electrons. The van der Waals surface area contributed by atoms with Gasteiger partial charge in [0.05, 0.1) is 11.8 Å². The summed E-state index contributed by atoms with van der Waals surface area (Å²) in [6, 6.07) is 0. The van der Waals surface area contributed by atoms with Crippen LogP contribution in [-0.2, 0) is 10.3 Å². The number of rotatable bonds is 4. The van der Waals surface area contributed by atoms with E-state index >= 15 is 0 Å². The number of primary amides is 1. The number of nitrogens with zero attached hydrogens (tertiary/aromatic N) is 1. The molecular weight excluding hydrogens is 228 g/mol. The Kier molecular flexibility index (Phi) is 3.88. The standard InChI is InChI=1S/C10H16N2O3S/c1-6(2)15-10(3,4)7-5-16-9(12-7)14-8(11)13/h5-6H,1-4H3,(H2,11,13). The molecular formula is C10H16N2O3S. The molecule has 0 bridgehead atoms. The molecule has 0 aromatic carbocycles. The van der Waals surface area contributed by atoms with Crippen LogP contribution in [0.15, 0.2) is 5.38 Å². The molecule has 16 heavy (non-hydrogen) atoms. The van der Waals surface area contributed by atoms with Gasteiger partial charge in [0.15, 0.2) is 0 Å². The molecule has 0 saturated heterocycles. The van der Waals surface area contributed by atoms with E-state index in [9.17, 15) is 4.79 Å². The second-order valence-corrected chi connectivity index (χ2v) is 4.92. The number of hydrogen-bond acceptors (Lipinski definition) is 5. The molecule has 0 spiro atoms. The number of carbonyl (C=O) groups excluding carboxylic acids is 1. The van der Waals surface area contributed by atoms with Crippen molar-refractivity contribution in [2.75, 3.05) is 0 Å². The maximum atomic E-state index is 10.5. The van der Waals surface area contributed by atoms with E-state index in [0.717, 1.165) is 5.69 Å². The third-order valence-corrected chi connectivity index (χ3v) is 2.54. The van der Waals surface area contributed by atoms with Crippen LogP contribution in [0.5, 0.6) is 5.19 Å². The van der Waals surface area contributed by atoms with E-state index in [1.54, 1.807) is 5.38 Å². The molecule has 1 heterocycles. The molecule has 0 saturated carbocycles. The Morgan fingerprint density at radius 2 is 2.19 bits per heavy atom. The van der Waals surface area contributed by atoms with Crippen LogP contribution in [0.2, 0.25) is 0 Å². The SMILES string of the molecule is CC(C)OC(C)(C)c1csc(OC(N)=O)n1. The fourth-order valence-electron chi connectivity index (χ4n) is 1.32. The average molecular weight is 244 g/mol. The highest BCUT2D eigenvalue weighted by Crippen LogP contribution is 2.30. The first kappa shape index (κ1) is 12.9. The molecule has 1 aromatic rings. The highest BCUT2D eigenvalue weighted by molar-refractivity contribution is 7.11. The first-order valence-electron chi connectivity index (χ1n) is 4.92. The number of hydrogen-bond donors (Lipinski definition) is 1. The van der Waals surface area contributed by atoms with Crippen molar-refractivity contribution in [3.63, 3.8) is 0 Å². The van der Waals surface area contributed by atoms with Crippen molar-refractivity contribution < 1.29 is 14.3 Å². The largest absolute Gasteiger partial charge is 0.411 e. The van der Waals surface area contributed by atoms with Crippen LogP contribution in [-0.4, -0.2) is 17.2 Å². The highest BCUT2D eigenvalue weighted by atomic mass is 32.1. The monoisotopic (exact) mass is 244 g/mol. The van der Waals surface area contributed by atoms with E-state index in [1.807, 2.05) is 27.7 Å². The van der Waals surface area contributed by atoms with Gasteiger partial charge in [0.2, 0.25) is 0 Å². The number of carbonyl (C=O) groups is 1. The van der Waals surface area contributed by atoms with Gasteiger partial charge >= 0.3 is 6.09 Å². The van der Waals surface area contributed by atoms with E-state index < -0.39 is 11.7 Å². The Morgan fingerprint density at radius 3 is 2.69 bits per heavy atom. The van der Waals surface area contributed by atoms with Gasteiger partial charge in [-0.1, -0.05) is 11.3 Å². The third kappa shape index (κ3) is 3.46. The quantitative estimate of drug-likeness (QED) is 0.881. The van der Waals surface area contributed by atoms with E-state index in [0.29, 0.717) is 0 Å². The number of amides is 1. The predicted molar refractivity (Wildman–Crippen MR) is 61.6 cm³/mol. The smallest absolute Gasteiger partial charge is 0.381 e. The van der Waals surface area contributed by atoms with Crippen LogP contribution >= 0.6 is 11.3 Å². The van der Waals surface area contributed by atoms with Gasteiger partial charge in [0, 0.05) is 5.38 Å². The summed E-state index contributed by atoms with van der Waals surface area (Å²) in [7, 11) is 0. The van der Waals surface area contributed by atoms with Gasteiger partial charge in [-0.2, -0.15) is 0 Å². The molecule has 0 atom stereocenters. The Hall–Kier alpha value is -1.14. The fourth-order valence-corrected chi connectivity index (χ4v) is 2.15. The molecule has 0 unspecified atom stereocenters. The second-order valence-electron chi connectivity index (χ2n) is 4.10. The summed E-state index contributed by atoms with van der Waals surface area (Å²) in [5.41, 5.74) is 5.11. The lowest BCUT2D eigenvalue weighted by Crippen LogP contribution is -2.26. The van der Waals surface area contributed by atoms with Crippen LogP contribution < -0.4 is 10.5 Å². The van der Waals surface area contributed by atoms with Crippen molar-refractivity contribution in [2.45, 2.75) is 39.4 Å². The molecule has 1 rings (SSSR count). The van der Waals surface area contributed by atoms with E-state index in [2.05, 4.69) is 9.72 Å². The first-order chi connectivity index (χ1) is 7.31. The van der Waals surface area contributed by atoms with Crippen LogP contribution in [0.4, 0.5) is 4.79 Å². The van der Waals surface area contributed by atoms with Crippen LogP contribution in [0.1, 0.15) is 33.4 Å². The van der Waals surface area contributed by atoms with Crippen molar-refractivity contribution in [3.05, 3.63) is 11.1 Å². The Morgan fingerprint density at radius 1 is 1.56 bits per heavy atom. The fraction of sp³-hybridized carbons (Fsp3) is 0.600. The summed E-state index contributed by atoms with van der Waals surface area (Å²) < 4.78 is 10.4. The van der Waals surface area contributed by atoms with Crippen LogP contribution in [0, 0.1) is 0 Å². The second kappa shape index (κ2) is 4.80. The maximum Gasteiger partial charge on any atom is 0.411 e. The van der Waals surface area contributed by atoms with Crippen molar-refractivity contribution in [1.82, 2.24) is 4.98 Å². The molecule has 5 nitrogen and oxygen atoms in total. The molecule has 0 aliphatic heterocycles. The Balaban J connectivity index is 2.80.